The molecule has 0 unspecified atom stereocenters. The summed E-state index contributed by atoms with van der Waals surface area (Å²) in [4.78, 5) is -0.148. The van der Waals surface area contributed by atoms with E-state index in [1.807, 2.05) is 36.4 Å². The number of hydrogen-bond acceptors (Lipinski definition) is 2. The van der Waals surface area contributed by atoms with Crippen LogP contribution in [0.3, 0.4) is 0 Å². The van der Waals surface area contributed by atoms with Gasteiger partial charge in [0.2, 0.25) is 0 Å². The fourth-order valence-corrected chi connectivity index (χ4v) is 2.50. The van der Waals surface area contributed by atoms with Gasteiger partial charge in [-0.05, 0) is 17.2 Å². The van der Waals surface area contributed by atoms with Crippen LogP contribution in [0, 0.1) is 0 Å². The van der Waals surface area contributed by atoms with Crippen molar-refractivity contribution in [3.63, 3.8) is 0 Å². The maximum Gasteiger partial charge on any atom is 0.295 e. The first-order valence-electron chi connectivity index (χ1n) is 6.47. The van der Waals surface area contributed by atoms with E-state index in [1.54, 1.807) is 6.07 Å². The summed E-state index contributed by atoms with van der Waals surface area (Å²) in [5.74, 6) is 0. The normalized spacial score (nSPS) is 10.0. The standard InChI is InChI=1S/C10H10O3S.C8H8/c1-3-8-6-5-7-10(9(8)4-2)14(11,12)13;1-2-8-6-4-3-5-7-8/h3-7H,1-2H2,(H,11,12,13);2-7H,1H2. The van der Waals surface area contributed by atoms with Crippen molar-refractivity contribution >= 4 is 28.3 Å². The summed E-state index contributed by atoms with van der Waals surface area (Å²) >= 11 is 0. The first-order valence-corrected chi connectivity index (χ1v) is 7.91. The van der Waals surface area contributed by atoms with Gasteiger partial charge in [0.1, 0.15) is 4.90 Å². The second-order valence-corrected chi connectivity index (χ2v) is 5.65. The first-order chi connectivity index (χ1) is 10.4. The quantitative estimate of drug-likeness (QED) is 0.842. The zero-order valence-corrected chi connectivity index (χ0v) is 13.0. The Kier molecular flexibility index (Phi) is 6.50. The molecule has 2 rings (SSSR count). The molecular weight excluding hydrogens is 296 g/mol. The molecule has 0 aliphatic heterocycles. The van der Waals surface area contributed by atoms with Gasteiger partial charge in [-0.25, -0.2) is 0 Å². The van der Waals surface area contributed by atoms with E-state index in [0.717, 1.165) is 0 Å². The maximum absolute atomic E-state index is 11.0. The van der Waals surface area contributed by atoms with Gasteiger partial charge in [0.15, 0.2) is 0 Å². The van der Waals surface area contributed by atoms with E-state index in [-0.39, 0.29) is 4.90 Å². The van der Waals surface area contributed by atoms with Crippen LogP contribution in [0.4, 0.5) is 0 Å². The fraction of sp³-hybridized carbons (Fsp3) is 0. The Morgan fingerprint density at radius 2 is 1.45 bits per heavy atom. The van der Waals surface area contributed by atoms with Crippen LogP contribution in [-0.4, -0.2) is 13.0 Å². The number of hydrogen-bond donors (Lipinski definition) is 1. The van der Waals surface area contributed by atoms with Crippen LogP contribution in [-0.2, 0) is 10.1 Å². The molecule has 114 valence electrons. The largest absolute Gasteiger partial charge is 0.295 e. The molecule has 0 atom stereocenters. The Balaban J connectivity index is 0.000000255. The lowest BCUT2D eigenvalue weighted by atomic mass is 10.1. The van der Waals surface area contributed by atoms with Crippen molar-refractivity contribution in [1.29, 1.82) is 0 Å². The second kappa shape index (κ2) is 8.12. The highest BCUT2D eigenvalue weighted by Crippen LogP contribution is 2.21. The van der Waals surface area contributed by atoms with Crippen LogP contribution >= 0.6 is 0 Å². The topological polar surface area (TPSA) is 54.4 Å². The third-order valence-electron chi connectivity index (χ3n) is 2.84. The Morgan fingerprint density at radius 1 is 0.818 bits per heavy atom. The molecular formula is C18H18O3S. The van der Waals surface area contributed by atoms with Crippen molar-refractivity contribution in [3.05, 3.63) is 85.0 Å². The zero-order valence-electron chi connectivity index (χ0n) is 12.1. The third kappa shape index (κ3) is 4.84. The average molecular weight is 314 g/mol. The molecule has 22 heavy (non-hydrogen) atoms. The summed E-state index contributed by atoms with van der Waals surface area (Å²) in [6.45, 7) is 10.7. The minimum absolute atomic E-state index is 0.148. The van der Waals surface area contributed by atoms with Crippen molar-refractivity contribution in [2.24, 2.45) is 0 Å². The SMILES string of the molecule is C=Cc1cccc(S(=O)(=O)O)c1C=C.C=Cc1ccccc1. The van der Waals surface area contributed by atoms with Gasteiger partial charge in [-0.1, -0.05) is 80.4 Å². The van der Waals surface area contributed by atoms with Gasteiger partial charge in [-0.15, -0.1) is 0 Å². The van der Waals surface area contributed by atoms with Crippen molar-refractivity contribution in [2.75, 3.05) is 0 Å². The third-order valence-corrected chi connectivity index (χ3v) is 3.75. The molecule has 0 spiro atoms. The minimum atomic E-state index is -4.20. The van der Waals surface area contributed by atoms with Crippen LogP contribution in [0.15, 0.2) is 73.2 Å². The Labute approximate surface area is 131 Å². The number of benzene rings is 2. The predicted molar refractivity (Wildman–Crippen MR) is 93.0 cm³/mol. The summed E-state index contributed by atoms with van der Waals surface area (Å²) < 4.78 is 30.8. The fourth-order valence-electron chi connectivity index (χ4n) is 1.77. The van der Waals surface area contributed by atoms with E-state index in [2.05, 4.69) is 19.7 Å². The summed E-state index contributed by atoms with van der Waals surface area (Å²) in [6.07, 6.45) is 4.71. The monoisotopic (exact) mass is 314 g/mol. The molecule has 4 heteroatoms. The molecule has 0 fully saturated rings. The molecule has 0 heterocycles. The van der Waals surface area contributed by atoms with Crippen LogP contribution in [0.2, 0.25) is 0 Å². The lowest BCUT2D eigenvalue weighted by Crippen LogP contribution is -2.01. The molecule has 0 amide bonds. The van der Waals surface area contributed by atoms with E-state index in [1.165, 1.54) is 29.8 Å². The zero-order chi connectivity index (χ0) is 16.6. The van der Waals surface area contributed by atoms with Gasteiger partial charge in [0, 0.05) is 5.56 Å². The van der Waals surface area contributed by atoms with Crippen LogP contribution in [0.25, 0.3) is 18.2 Å². The molecule has 1 N–H and O–H groups in total. The van der Waals surface area contributed by atoms with Gasteiger partial charge in [-0.3, -0.25) is 4.55 Å². The first kappa shape index (κ1) is 17.6. The predicted octanol–water partition coefficient (Wildman–Crippen LogP) is 4.55. The lowest BCUT2D eigenvalue weighted by molar-refractivity contribution is 0.483. The molecule has 0 aromatic heterocycles. The average Bonchev–Trinajstić information content (AvgIpc) is 2.54. The molecule has 0 saturated carbocycles. The molecule has 0 aliphatic carbocycles. The Bertz CT molecular complexity index is 760. The van der Waals surface area contributed by atoms with Gasteiger partial charge in [-0.2, -0.15) is 8.42 Å². The molecule has 0 radical (unpaired) electrons. The lowest BCUT2D eigenvalue weighted by Gasteiger charge is -2.05. The van der Waals surface area contributed by atoms with E-state index < -0.39 is 10.1 Å². The highest BCUT2D eigenvalue weighted by molar-refractivity contribution is 7.85. The summed E-state index contributed by atoms with van der Waals surface area (Å²) in [7, 11) is -4.20. The summed E-state index contributed by atoms with van der Waals surface area (Å²) in [6, 6.07) is 14.6. The van der Waals surface area contributed by atoms with Crippen molar-refractivity contribution in [2.45, 2.75) is 4.90 Å². The highest BCUT2D eigenvalue weighted by Gasteiger charge is 2.14. The second-order valence-electron chi connectivity index (χ2n) is 4.26. The van der Waals surface area contributed by atoms with Crippen LogP contribution in [0.5, 0.6) is 0 Å². The smallest absolute Gasteiger partial charge is 0.282 e. The van der Waals surface area contributed by atoms with E-state index in [0.29, 0.717) is 11.1 Å². The van der Waals surface area contributed by atoms with Gasteiger partial charge in [0.05, 0.1) is 0 Å². The van der Waals surface area contributed by atoms with E-state index in [9.17, 15) is 8.42 Å². The van der Waals surface area contributed by atoms with Crippen LogP contribution in [0.1, 0.15) is 16.7 Å². The van der Waals surface area contributed by atoms with Crippen LogP contribution < -0.4 is 0 Å². The maximum atomic E-state index is 11.0. The Hall–Kier alpha value is -2.43. The molecule has 2 aromatic carbocycles. The van der Waals surface area contributed by atoms with Crippen molar-refractivity contribution in [3.8, 4) is 0 Å². The van der Waals surface area contributed by atoms with Gasteiger partial charge in [0.25, 0.3) is 10.1 Å². The van der Waals surface area contributed by atoms with Gasteiger partial charge < -0.3 is 0 Å². The molecule has 0 saturated heterocycles. The van der Waals surface area contributed by atoms with E-state index >= 15 is 0 Å². The molecule has 0 aliphatic rings. The van der Waals surface area contributed by atoms with Crippen molar-refractivity contribution < 1.29 is 13.0 Å². The molecule has 0 bridgehead atoms. The number of rotatable bonds is 4. The van der Waals surface area contributed by atoms with E-state index in [4.69, 9.17) is 4.55 Å². The summed E-state index contributed by atoms with van der Waals surface area (Å²) in [5, 5.41) is 0. The highest BCUT2D eigenvalue weighted by atomic mass is 32.2. The minimum Gasteiger partial charge on any atom is -0.282 e. The van der Waals surface area contributed by atoms with Crippen molar-refractivity contribution in [1.82, 2.24) is 0 Å². The molecule has 2 aromatic rings. The van der Waals surface area contributed by atoms with Gasteiger partial charge >= 0.3 is 0 Å². The Morgan fingerprint density at radius 3 is 1.86 bits per heavy atom. The summed E-state index contributed by atoms with van der Waals surface area (Å²) in [5.41, 5.74) is 2.16. The molecule has 3 nitrogen and oxygen atoms in total.